The molecule has 11 aromatic rings. The molecule has 0 spiro atoms. The SMILES string of the molecule is CC(C)(C)c1cc2ccc3ccc(-c4ccc5cc(-c6cc7ccc(-c8cccc9ccccc89)cc7c7ccccc67)ccc5c4)c4ccc(c1)c2c34. The minimum Gasteiger partial charge on any atom is -0.0616 e. The van der Waals surface area contributed by atoms with Crippen LogP contribution in [0, 0.1) is 0 Å². The molecule has 11 rings (SSSR count). The molecule has 0 atom stereocenters. The molecule has 254 valence electrons. The summed E-state index contributed by atoms with van der Waals surface area (Å²) in [5.74, 6) is 0. The van der Waals surface area contributed by atoms with Gasteiger partial charge >= 0.3 is 0 Å². The van der Waals surface area contributed by atoms with Gasteiger partial charge in [-0.3, -0.25) is 0 Å². The van der Waals surface area contributed by atoms with E-state index >= 15 is 0 Å². The van der Waals surface area contributed by atoms with Crippen LogP contribution in [-0.2, 0) is 5.41 Å². The van der Waals surface area contributed by atoms with Crippen molar-refractivity contribution in [2.75, 3.05) is 0 Å². The minimum atomic E-state index is 0.102. The lowest BCUT2D eigenvalue weighted by Crippen LogP contribution is -2.10. The predicted octanol–water partition coefficient (Wildman–Crippen LogP) is 15.5. The van der Waals surface area contributed by atoms with Crippen LogP contribution in [0.3, 0.4) is 0 Å². The van der Waals surface area contributed by atoms with Crippen LogP contribution in [0.25, 0.3) is 109 Å². The first-order chi connectivity index (χ1) is 26.4. The van der Waals surface area contributed by atoms with Crippen molar-refractivity contribution in [3.05, 3.63) is 181 Å². The summed E-state index contributed by atoms with van der Waals surface area (Å²) < 4.78 is 0. The molecule has 0 aromatic heterocycles. The van der Waals surface area contributed by atoms with Gasteiger partial charge in [-0.2, -0.15) is 0 Å². The van der Waals surface area contributed by atoms with Crippen molar-refractivity contribution in [1.82, 2.24) is 0 Å². The Balaban J connectivity index is 1.02. The third kappa shape index (κ3) is 4.77. The first kappa shape index (κ1) is 31.1. The standard InChI is InChI=1S/C54H38/c1-54(2,3)43-29-41-22-15-34-23-25-46(49-26-24-42(30-43)52(41)53(34)49)37-18-16-36-28-38(19-17-35(36)27-37)50-32-40-21-20-39(31-51(40)48-13-7-6-12-47(48)50)45-14-8-10-33-9-4-5-11-44(33)45/h4-32H,1-3H3. The molecule has 0 fully saturated rings. The molecule has 54 heavy (non-hydrogen) atoms. The van der Waals surface area contributed by atoms with Gasteiger partial charge in [-0.1, -0.05) is 172 Å². The molecule has 11 aromatic carbocycles. The Morgan fingerprint density at radius 3 is 1.59 bits per heavy atom. The van der Waals surface area contributed by atoms with Crippen molar-refractivity contribution in [3.8, 4) is 33.4 Å². The summed E-state index contributed by atoms with van der Waals surface area (Å²) in [6.07, 6.45) is 0. The van der Waals surface area contributed by atoms with Crippen molar-refractivity contribution in [2.24, 2.45) is 0 Å². The molecule has 0 nitrogen and oxygen atoms in total. The van der Waals surface area contributed by atoms with Crippen molar-refractivity contribution in [3.63, 3.8) is 0 Å². The quantitative estimate of drug-likeness (QED) is 0.162. The van der Waals surface area contributed by atoms with Gasteiger partial charge in [-0.05, 0) is 144 Å². The van der Waals surface area contributed by atoms with E-state index in [1.807, 2.05) is 0 Å². The maximum atomic E-state index is 2.39. The zero-order valence-electron chi connectivity index (χ0n) is 30.7. The number of benzene rings is 11. The van der Waals surface area contributed by atoms with Gasteiger partial charge in [-0.15, -0.1) is 0 Å². The zero-order chi connectivity index (χ0) is 36.1. The summed E-state index contributed by atoms with van der Waals surface area (Å²) in [4.78, 5) is 0. The third-order valence-corrected chi connectivity index (χ3v) is 11.9. The molecule has 0 aliphatic carbocycles. The van der Waals surface area contributed by atoms with Crippen LogP contribution >= 0.6 is 0 Å². The summed E-state index contributed by atoms with van der Waals surface area (Å²) in [5, 5.41) is 18.2. The van der Waals surface area contributed by atoms with Crippen molar-refractivity contribution >= 4 is 75.4 Å². The number of hydrogen-bond donors (Lipinski definition) is 0. The molecule has 0 heteroatoms. The summed E-state index contributed by atoms with van der Waals surface area (Å²) in [7, 11) is 0. The highest BCUT2D eigenvalue weighted by atomic mass is 14.2. The van der Waals surface area contributed by atoms with E-state index < -0.39 is 0 Å². The molecule has 0 bridgehead atoms. The van der Waals surface area contributed by atoms with Crippen LogP contribution in [0.1, 0.15) is 26.3 Å². The second kappa shape index (κ2) is 11.5. The van der Waals surface area contributed by atoms with Crippen molar-refractivity contribution < 1.29 is 0 Å². The maximum Gasteiger partial charge on any atom is -0.00206 e. The van der Waals surface area contributed by atoms with Gasteiger partial charge in [0.2, 0.25) is 0 Å². The fourth-order valence-corrected chi connectivity index (χ4v) is 9.07. The Morgan fingerprint density at radius 1 is 0.278 bits per heavy atom. The van der Waals surface area contributed by atoms with E-state index in [4.69, 9.17) is 0 Å². The van der Waals surface area contributed by atoms with Crippen molar-refractivity contribution in [1.29, 1.82) is 0 Å². The highest BCUT2D eigenvalue weighted by Gasteiger charge is 2.19. The Kier molecular flexibility index (Phi) is 6.61. The smallest absolute Gasteiger partial charge is 0.00206 e. The molecular formula is C54H38. The Morgan fingerprint density at radius 2 is 0.833 bits per heavy atom. The van der Waals surface area contributed by atoms with Gasteiger partial charge in [0, 0.05) is 0 Å². The van der Waals surface area contributed by atoms with E-state index in [1.54, 1.807) is 0 Å². The Labute approximate surface area is 315 Å². The van der Waals surface area contributed by atoms with E-state index in [0.29, 0.717) is 0 Å². The lowest BCUT2D eigenvalue weighted by atomic mass is 9.82. The predicted molar refractivity (Wildman–Crippen MR) is 235 cm³/mol. The average Bonchev–Trinajstić information content (AvgIpc) is 3.21. The zero-order valence-corrected chi connectivity index (χ0v) is 30.7. The summed E-state index contributed by atoms with van der Waals surface area (Å²) >= 11 is 0. The lowest BCUT2D eigenvalue weighted by molar-refractivity contribution is 0.591. The lowest BCUT2D eigenvalue weighted by Gasteiger charge is -2.22. The third-order valence-electron chi connectivity index (χ3n) is 11.9. The summed E-state index contributed by atoms with van der Waals surface area (Å²) in [5.41, 5.74) is 9.04. The van der Waals surface area contributed by atoms with Crippen LogP contribution in [0.4, 0.5) is 0 Å². The van der Waals surface area contributed by atoms with Crippen LogP contribution in [0.5, 0.6) is 0 Å². The van der Waals surface area contributed by atoms with Gasteiger partial charge in [0.25, 0.3) is 0 Å². The Hall–Kier alpha value is -6.50. The summed E-state index contributed by atoms with van der Waals surface area (Å²) in [6.45, 7) is 6.90. The molecule has 0 N–H and O–H groups in total. The van der Waals surface area contributed by atoms with Gasteiger partial charge in [0.1, 0.15) is 0 Å². The fourth-order valence-electron chi connectivity index (χ4n) is 9.07. The first-order valence-corrected chi connectivity index (χ1v) is 19.1. The van der Waals surface area contributed by atoms with Crippen LogP contribution in [0.15, 0.2) is 176 Å². The fraction of sp³-hybridized carbons (Fsp3) is 0.0741. The van der Waals surface area contributed by atoms with E-state index in [2.05, 4.69) is 197 Å². The number of hydrogen-bond acceptors (Lipinski definition) is 0. The van der Waals surface area contributed by atoms with Gasteiger partial charge in [0.05, 0.1) is 0 Å². The molecule has 0 saturated carbocycles. The normalized spacial score (nSPS) is 12.4. The van der Waals surface area contributed by atoms with Crippen LogP contribution in [0.2, 0.25) is 0 Å². The number of fused-ring (bicyclic) bond motifs is 5. The second-order valence-electron chi connectivity index (χ2n) is 16.1. The number of rotatable bonds is 3. The largest absolute Gasteiger partial charge is 0.0616 e. The summed E-state index contributed by atoms with van der Waals surface area (Å²) in [6, 6.07) is 66.1. The van der Waals surface area contributed by atoms with Crippen LogP contribution < -0.4 is 0 Å². The average molecular weight is 687 g/mol. The van der Waals surface area contributed by atoms with Gasteiger partial charge < -0.3 is 0 Å². The Bertz CT molecular complexity index is 3270. The van der Waals surface area contributed by atoms with Crippen LogP contribution in [-0.4, -0.2) is 0 Å². The topological polar surface area (TPSA) is 0 Å². The molecule has 0 heterocycles. The minimum absolute atomic E-state index is 0.102. The monoisotopic (exact) mass is 686 g/mol. The highest BCUT2D eigenvalue weighted by Crippen LogP contribution is 2.43. The second-order valence-corrected chi connectivity index (χ2v) is 16.1. The molecule has 0 unspecified atom stereocenters. The van der Waals surface area contributed by atoms with Gasteiger partial charge in [-0.25, -0.2) is 0 Å². The van der Waals surface area contributed by atoms with Crippen molar-refractivity contribution in [2.45, 2.75) is 26.2 Å². The maximum absolute atomic E-state index is 2.39. The molecule has 0 saturated heterocycles. The molecule has 0 radical (unpaired) electrons. The first-order valence-electron chi connectivity index (χ1n) is 19.1. The molecule has 0 aliphatic heterocycles. The van der Waals surface area contributed by atoms with E-state index in [1.165, 1.54) is 114 Å². The van der Waals surface area contributed by atoms with E-state index in [-0.39, 0.29) is 5.41 Å². The van der Waals surface area contributed by atoms with Gasteiger partial charge in [0.15, 0.2) is 0 Å². The highest BCUT2D eigenvalue weighted by molar-refractivity contribution is 6.26. The molecular weight excluding hydrogens is 649 g/mol. The van der Waals surface area contributed by atoms with E-state index in [9.17, 15) is 0 Å². The molecule has 0 amide bonds. The van der Waals surface area contributed by atoms with E-state index in [0.717, 1.165) is 0 Å². The molecule has 0 aliphatic rings.